The van der Waals surface area contributed by atoms with Gasteiger partial charge in [0.15, 0.2) is 12.4 Å². The molecule has 0 radical (unpaired) electrons. The average molecular weight is 339 g/mol. The first-order chi connectivity index (χ1) is 12.1. The summed E-state index contributed by atoms with van der Waals surface area (Å²) in [7, 11) is 2.12. The number of likely N-dealkylation sites (tertiary alicyclic amines) is 1. The second kappa shape index (κ2) is 7.81. The van der Waals surface area contributed by atoms with Crippen LogP contribution in [-0.2, 0) is 4.79 Å². The smallest absolute Gasteiger partial charge is 0.263 e. The van der Waals surface area contributed by atoms with E-state index >= 15 is 0 Å². The molecular weight excluding hydrogens is 318 g/mol. The molecule has 130 valence electrons. The number of carbonyl (C=O) groups is 1. The van der Waals surface area contributed by atoms with E-state index in [2.05, 4.69) is 22.4 Å². The van der Waals surface area contributed by atoms with Crippen LogP contribution in [0.2, 0.25) is 0 Å². The molecular formula is C18H21N5O2. The van der Waals surface area contributed by atoms with Crippen LogP contribution >= 0.6 is 0 Å². The molecule has 1 aromatic heterocycles. The van der Waals surface area contributed by atoms with Gasteiger partial charge in [0.2, 0.25) is 0 Å². The highest BCUT2D eigenvalue weighted by atomic mass is 16.5. The first-order valence-electron chi connectivity index (χ1n) is 8.30. The van der Waals surface area contributed by atoms with Crippen molar-refractivity contribution >= 4 is 11.7 Å². The van der Waals surface area contributed by atoms with E-state index in [9.17, 15) is 4.79 Å². The number of rotatable bonds is 5. The van der Waals surface area contributed by atoms with E-state index in [0.717, 1.165) is 25.9 Å². The molecule has 1 saturated heterocycles. The lowest BCUT2D eigenvalue weighted by Gasteiger charge is -2.28. The van der Waals surface area contributed by atoms with Gasteiger partial charge >= 0.3 is 0 Å². The molecule has 2 heterocycles. The van der Waals surface area contributed by atoms with Crippen LogP contribution < -0.4 is 10.1 Å². The monoisotopic (exact) mass is 339 g/mol. The number of piperidine rings is 1. The minimum atomic E-state index is -0.266. The van der Waals surface area contributed by atoms with E-state index in [1.54, 1.807) is 30.3 Å². The molecule has 0 aliphatic carbocycles. The lowest BCUT2D eigenvalue weighted by molar-refractivity contribution is -0.118. The fraction of sp³-hybridized carbons (Fsp3) is 0.389. The van der Waals surface area contributed by atoms with Crippen molar-refractivity contribution in [2.24, 2.45) is 0 Å². The first-order valence-corrected chi connectivity index (χ1v) is 8.30. The number of nitriles is 1. The Morgan fingerprint density at radius 3 is 2.72 bits per heavy atom. The van der Waals surface area contributed by atoms with Gasteiger partial charge in [-0.2, -0.15) is 10.4 Å². The second-order valence-corrected chi connectivity index (χ2v) is 6.19. The number of carbonyl (C=O) groups excluding carboxylic acids is 1. The van der Waals surface area contributed by atoms with Gasteiger partial charge in [0, 0.05) is 12.3 Å². The van der Waals surface area contributed by atoms with Crippen LogP contribution in [0, 0.1) is 11.3 Å². The zero-order valence-electron chi connectivity index (χ0n) is 14.2. The first kappa shape index (κ1) is 17.0. The SMILES string of the molecule is CN1CCC(n2ccc(NC(=O)COc3ccc(C#N)cc3)n2)CC1. The summed E-state index contributed by atoms with van der Waals surface area (Å²) in [4.78, 5) is 14.3. The van der Waals surface area contributed by atoms with Gasteiger partial charge in [-0.25, -0.2) is 0 Å². The Balaban J connectivity index is 1.48. The van der Waals surface area contributed by atoms with Crippen molar-refractivity contribution in [3.8, 4) is 11.8 Å². The maximum Gasteiger partial charge on any atom is 0.263 e. The van der Waals surface area contributed by atoms with Crippen molar-refractivity contribution < 1.29 is 9.53 Å². The number of benzene rings is 1. The van der Waals surface area contributed by atoms with Crippen LogP contribution in [0.3, 0.4) is 0 Å². The number of ether oxygens (including phenoxy) is 1. The van der Waals surface area contributed by atoms with Gasteiger partial charge in [-0.3, -0.25) is 9.48 Å². The van der Waals surface area contributed by atoms with E-state index in [1.807, 2.05) is 16.9 Å². The summed E-state index contributed by atoms with van der Waals surface area (Å²) in [6.07, 6.45) is 4.04. The Kier molecular flexibility index (Phi) is 5.31. The van der Waals surface area contributed by atoms with Crippen molar-refractivity contribution in [2.75, 3.05) is 32.1 Å². The molecule has 1 aliphatic heterocycles. The molecule has 2 aromatic rings. The third kappa shape index (κ3) is 4.58. The Bertz CT molecular complexity index is 755. The van der Waals surface area contributed by atoms with Gasteiger partial charge in [0.25, 0.3) is 5.91 Å². The predicted octanol–water partition coefficient (Wildman–Crippen LogP) is 2.04. The highest BCUT2D eigenvalue weighted by Crippen LogP contribution is 2.21. The molecule has 0 saturated carbocycles. The predicted molar refractivity (Wildman–Crippen MR) is 93.3 cm³/mol. The van der Waals surface area contributed by atoms with Gasteiger partial charge in [-0.1, -0.05) is 0 Å². The van der Waals surface area contributed by atoms with Gasteiger partial charge in [-0.05, 0) is 57.2 Å². The van der Waals surface area contributed by atoms with Crippen LogP contribution in [-0.4, -0.2) is 47.3 Å². The highest BCUT2D eigenvalue weighted by molar-refractivity contribution is 5.90. The Morgan fingerprint density at radius 2 is 2.04 bits per heavy atom. The van der Waals surface area contributed by atoms with Crippen molar-refractivity contribution in [1.29, 1.82) is 5.26 Å². The summed E-state index contributed by atoms with van der Waals surface area (Å²) in [5.41, 5.74) is 0.552. The summed E-state index contributed by atoms with van der Waals surface area (Å²) in [5, 5.41) is 15.9. The molecule has 25 heavy (non-hydrogen) atoms. The third-order valence-corrected chi connectivity index (χ3v) is 4.29. The Labute approximate surface area is 146 Å². The molecule has 1 fully saturated rings. The largest absolute Gasteiger partial charge is 0.484 e. The average Bonchev–Trinajstić information content (AvgIpc) is 3.09. The Morgan fingerprint density at radius 1 is 1.32 bits per heavy atom. The number of amides is 1. The molecule has 0 bridgehead atoms. The van der Waals surface area contributed by atoms with Crippen LogP contribution in [0.15, 0.2) is 36.5 Å². The fourth-order valence-corrected chi connectivity index (χ4v) is 2.82. The van der Waals surface area contributed by atoms with E-state index in [-0.39, 0.29) is 12.5 Å². The minimum Gasteiger partial charge on any atom is -0.484 e. The zero-order valence-corrected chi connectivity index (χ0v) is 14.2. The molecule has 1 aliphatic rings. The van der Waals surface area contributed by atoms with Crippen LogP contribution in [0.4, 0.5) is 5.82 Å². The maximum atomic E-state index is 12.0. The summed E-state index contributed by atoms with van der Waals surface area (Å²) in [6, 6.07) is 10.9. The molecule has 3 rings (SSSR count). The van der Waals surface area contributed by atoms with Crippen molar-refractivity contribution in [1.82, 2.24) is 14.7 Å². The summed E-state index contributed by atoms with van der Waals surface area (Å²) in [5.74, 6) is 0.816. The number of hydrogen-bond donors (Lipinski definition) is 1. The molecule has 0 spiro atoms. The van der Waals surface area contributed by atoms with Gasteiger partial charge in [0.1, 0.15) is 5.75 Å². The van der Waals surface area contributed by atoms with E-state index in [1.165, 1.54) is 0 Å². The molecule has 0 atom stereocenters. The van der Waals surface area contributed by atoms with Crippen LogP contribution in [0.5, 0.6) is 5.75 Å². The normalized spacial score (nSPS) is 15.5. The van der Waals surface area contributed by atoms with Crippen LogP contribution in [0.25, 0.3) is 0 Å². The van der Waals surface area contributed by atoms with Crippen LogP contribution in [0.1, 0.15) is 24.4 Å². The number of anilines is 1. The Hall–Kier alpha value is -2.85. The number of hydrogen-bond acceptors (Lipinski definition) is 5. The van der Waals surface area contributed by atoms with E-state index in [0.29, 0.717) is 23.2 Å². The topological polar surface area (TPSA) is 83.2 Å². The number of nitrogens with zero attached hydrogens (tertiary/aromatic N) is 4. The lowest BCUT2D eigenvalue weighted by Crippen LogP contribution is -2.31. The van der Waals surface area contributed by atoms with Crippen molar-refractivity contribution in [3.63, 3.8) is 0 Å². The summed E-state index contributed by atoms with van der Waals surface area (Å²) in [6.45, 7) is 2.02. The molecule has 1 aromatic carbocycles. The molecule has 7 heteroatoms. The molecule has 1 amide bonds. The fourth-order valence-electron chi connectivity index (χ4n) is 2.82. The summed E-state index contributed by atoms with van der Waals surface area (Å²) >= 11 is 0. The lowest BCUT2D eigenvalue weighted by atomic mass is 10.1. The van der Waals surface area contributed by atoms with Gasteiger partial charge in [0.05, 0.1) is 17.7 Å². The van der Waals surface area contributed by atoms with Crippen molar-refractivity contribution in [2.45, 2.75) is 18.9 Å². The quantitative estimate of drug-likeness (QED) is 0.901. The summed E-state index contributed by atoms with van der Waals surface area (Å²) < 4.78 is 7.35. The van der Waals surface area contributed by atoms with Gasteiger partial charge < -0.3 is 15.0 Å². The van der Waals surface area contributed by atoms with Gasteiger partial charge in [-0.15, -0.1) is 0 Å². The maximum absolute atomic E-state index is 12.0. The standard InChI is InChI=1S/C18H21N5O2/c1-22-9-6-15(7-10-22)23-11-8-17(21-23)20-18(24)13-25-16-4-2-14(12-19)3-5-16/h2-5,8,11,15H,6-7,9-10,13H2,1H3,(H,20,21,24). The molecule has 1 N–H and O–H groups in total. The zero-order chi connectivity index (χ0) is 17.6. The third-order valence-electron chi connectivity index (χ3n) is 4.29. The van der Waals surface area contributed by atoms with Crippen molar-refractivity contribution in [3.05, 3.63) is 42.1 Å². The number of aromatic nitrogens is 2. The van der Waals surface area contributed by atoms with E-state index in [4.69, 9.17) is 10.00 Å². The minimum absolute atomic E-state index is 0.104. The molecule has 0 unspecified atom stereocenters. The molecule has 7 nitrogen and oxygen atoms in total. The second-order valence-electron chi connectivity index (χ2n) is 6.19. The van der Waals surface area contributed by atoms with E-state index < -0.39 is 0 Å². The number of nitrogens with one attached hydrogen (secondary N) is 1. The highest BCUT2D eigenvalue weighted by Gasteiger charge is 2.19.